The molecule has 1 aliphatic rings. The highest BCUT2D eigenvalue weighted by Gasteiger charge is 2.22. The van der Waals surface area contributed by atoms with Crippen molar-refractivity contribution >= 4 is 11.7 Å². The SMILES string of the molecule is CNC(C)c1ccc(NC(=O)N2CCC(OC)CC2)cc1. The number of piperidine rings is 1. The summed E-state index contributed by atoms with van der Waals surface area (Å²) in [4.78, 5) is 14.0. The highest BCUT2D eigenvalue weighted by atomic mass is 16.5. The zero-order valence-electron chi connectivity index (χ0n) is 13.1. The Kier molecular flexibility index (Phi) is 5.59. The van der Waals surface area contributed by atoms with E-state index in [4.69, 9.17) is 4.74 Å². The van der Waals surface area contributed by atoms with Crippen LogP contribution in [0.5, 0.6) is 0 Å². The highest BCUT2D eigenvalue weighted by Crippen LogP contribution is 2.17. The molecule has 116 valence electrons. The molecule has 2 rings (SSSR count). The van der Waals surface area contributed by atoms with E-state index in [0.717, 1.165) is 31.6 Å². The van der Waals surface area contributed by atoms with Gasteiger partial charge in [0.05, 0.1) is 6.10 Å². The maximum atomic E-state index is 12.2. The molecule has 1 saturated heterocycles. The number of nitrogens with one attached hydrogen (secondary N) is 2. The molecule has 0 saturated carbocycles. The van der Waals surface area contributed by atoms with E-state index in [9.17, 15) is 4.79 Å². The quantitative estimate of drug-likeness (QED) is 0.896. The molecular formula is C16H25N3O2. The maximum absolute atomic E-state index is 12.2. The zero-order chi connectivity index (χ0) is 15.2. The summed E-state index contributed by atoms with van der Waals surface area (Å²) in [6.07, 6.45) is 2.10. The molecule has 1 unspecified atom stereocenters. The van der Waals surface area contributed by atoms with E-state index >= 15 is 0 Å². The lowest BCUT2D eigenvalue weighted by atomic mass is 10.1. The fraction of sp³-hybridized carbons (Fsp3) is 0.562. The number of carbonyl (C=O) groups is 1. The summed E-state index contributed by atoms with van der Waals surface area (Å²) in [6, 6.07) is 8.25. The van der Waals surface area contributed by atoms with Gasteiger partial charge in [-0.15, -0.1) is 0 Å². The van der Waals surface area contributed by atoms with Crippen LogP contribution in [-0.4, -0.2) is 44.3 Å². The van der Waals surface area contributed by atoms with Crippen LogP contribution in [0.15, 0.2) is 24.3 Å². The molecule has 1 atom stereocenters. The number of anilines is 1. The van der Waals surface area contributed by atoms with Crippen LogP contribution in [0.1, 0.15) is 31.4 Å². The number of carbonyl (C=O) groups excluding carboxylic acids is 1. The fourth-order valence-corrected chi connectivity index (χ4v) is 2.52. The van der Waals surface area contributed by atoms with Crippen LogP contribution in [0.25, 0.3) is 0 Å². The van der Waals surface area contributed by atoms with Gasteiger partial charge in [0.15, 0.2) is 0 Å². The van der Waals surface area contributed by atoms with Crippen molar-refractivity contribution in [2.75, 3.05) is 32.6 Å². The van der Waals surface area contributed by atoms with E-state index < -0.39 is 0 Å². The van der Waals surface area contributed by atoms with Crippen molar-refractivity contribution in [1.29, 1.82) is 0 Å². The molecule has 1 fully saturated rings. The minimum atomic E-state index is -0.0287. The predicted molar refractivity (Wildman–Crippen MR) is 84.5 cm³/mol. The van der Waals surface area contributed by atoms with Gasteiger partial charge in [-0.25, -0.2) is 4.79 Å². The van der Waals surface area contributed by atoms with E-state index in [2.05, 4.69) is 17.6 Å². The molecule has 5 heteroatoms. The maximum Gasteiger partial charge on any atom is 0.321 e. The summed E-state index contributed by atoms with van der Waals surface area (Å²) in [6.45, 7) is 3.60. The van der Waals surface area contributed by atoms with Gasteiger partial charge in [0.2, 0.25) is 0 Å². The van der Waals surface area contributed by atoms with Crippen LogP contribution < -0.4 is 10.6 Å². The van der Waals surface area contributed by atoms with Gasteiger partial charge in [-0.3, -0.25) is 0 Å². The summed E-state index contributed by atoms with van der Waals surface area (Å²) in [7, 11) is 3.66. The first kappa shape index (κ1) is 15.8. The molecule has 2 N–H and O–H groups in total. The topological polar surface area (TPSA) is 53.6 Å². The first-order valence-corrected chi connectivity index (χ1v) is 7.50. The van der Waals surface area contributed by atoms with Crippen LogP contribution >= 0.6 is 0 Å². The Morgan fingerprint density at radius 2 is 1.90 bits per heavy atom. The number of benzene rings is 1. The van der Waals surface area contributed by atoms with Crippen LogP contribution in [0.3, 0.4) is 0 Å². The number of hydrogen-bond acceptors (Lipinski definition) is 3. The van der Waals surface area contributed by atoms with Gasteiger partial charge in [0, 0.05) is 31.9 Å². The number of rotatable bonds is 4. The second-order valence-electron chi connectivity index (χ2n) is 5.48. The molecule has 0 radical (unpaired) electrons. The van der Waals surface area contributed by atoms with E-state index in [-0.39, 0.29) is 12.1 Å². The van der Waals surface area contributed by atoms with Gasteiger partial charge in [0.25, 0.3) is 0 Å². The largest absolute Gasteiger partial charge is 0.381 e. The number of hydrogen-bond donors (Lipinski definition) is 2. The van der Waals surface area contributed by atoms with Gasteiger partial charge in [-0.05, 0) is 44.5 Å². The third-order valence-corrected chi connectivity index (χ3v) is 4.16. The van der Waals surface area contributed by atoms with Crippen molar-refractivity contribution in [3.05, 3.63) is 29.8 Å². The number of nitrogens with zero attached hydrogens (tertiary/aromatic N) is 1. The molecule has 2 amide bonds. The second kappa shape index (κ2) is 7.43. The molecule has 21 heavy (non-hydrogen) atoms. The zero-order valence-corrected chi connectivity index (χ0v) is 13.1. The van der Waals surface area contributed by atoms with Crippen LogP contribution in [-0.2, 0) is 4.74 Å². The number of methoxy groups -OCH3 is 1. The Morgan fingerprint density at radius 3 is 2.43 bits per heavy atom. The Morgan fingerprint density at radius 1 is 1.29 bits per heavy atom. The average Bonchev–Trinajstić information content (AvgIpc) is 2.55. The van der Waals surface area contributed by atoms with Crippen molar-refractivity contribution in [3.8, 4) is 0 Å². The molecule has 0 spiro atoms. The predicted octanol–water partition coefficient (Wildman–Crippen LogP) is 2.61. The van der Waals surface area contributed by atoms with Crippen LogP contribution in [0.4, 0.5) is 10.5 Å². The van der Waals surface area contributed by atoms with Gasteiger partial charge in [-0.2, -0.15) is 0 Å². The van der Waals surface area contributed by atoms with Crippen molar-refractivity contribution in [3.63, 3.8) is 0 Å². The second-order valence-corrected chi connectivity index (χ2v) is 5.48. The molecule has 0 aliphatic carbocycles. The van der Waals surface area contributed by atoms with E-state index in [0.29, 0.717) is 6.04 Å². The third-order valence-electron chi connectivity index (χ3n) is 4.16. The lowest BCUT2D eigenvalue weighted by Crippen LogP contribution is -2.42. The summed E-state index contributed by atoms with van der Waals surface area (Å²) in [5, 5.41) is 6.15. The van der Waals surface area contributed by atoms with Crippen molar-refractivity contribution in [2.24, 2.45) is 0 Å². The minimum absolute atomic E-state index is 0.0287. The van der Waals surface area contributed by atoms with Crippen LogP contribution in [0, 0.1) is 0 Å². The fourth-order valence-electron chi connectivity index (χ4n) is 2.52. The van der Waals surface area contributed by atoms with Crippen molar-refractivity contribution in [2.45, 2.75) is 31.9 Å². The average molecular weight is 291 g/mol. The first-order valence-electron chi connectivity index (χ1n) is 7.50. The van der Waals surface area contributed by atoms with E-state index in [1.165, 1.54) is 5.56 Å². The molecule has 1 aliphatic heterocycles. The van der Waals surface area contributed by atoms with Crippen LogP contribution in [0.2, 0.25) is 0 Å². The number of amides is 2. The van der Waals surface area contributed by atoms with Gasteiger partial charge < -0.3 is 20.3 Å². The van der Waals surface area contributed by atoms with E-state index in [1.807, 2.05) is 36.2 Å². The molecule has 0 bridgehead atoms. The summed E-state index contributed by atoms with van der Waals surface area (Å²) in [5.74, 6) is 0. The first-order chi connectivity index (χ1) is 10.1. The Labute approximate surface area is 126 Å². The number of likely N-dealkylation sites (tertiary alicyclic amines) is 1. The summed E-state index contributed by atoms with van der Waals surface area (Å²) in [5.41, 5.74) is 2.04. The molecule has 1 heterocycles. The van der Waals surface area contributed by atoms with Crippen molar-refractivity contribution in [1.82, 2.24) is 10.2 Å². The lowest BCUT2D eigenvalue weighted by molar-refractivity contribution is 0.0521. The molecule has 1 aromatic carbocycles. The number of urea groups is 1. The highest BCUT2D eigenvalue weighted by molar-refractivity contribution is 5.89. The standard InChI is InChI=1S/C16H25N3O2/c1-12(17-2)13-4-6-14(7-5-13)18-16(20)19-10-8-15(21-3)9-11-19/h4-7,12,15,17H,8-11H2,1-3H3,(H,18,20). The van der Waals surface area contributed by atoms with Crippen molar-refractivity contribution < 1.29 is 9.53 Å². The molecule has 5 nitrogen and oxygen atoms in total. The third kappa shape index (κ3) is 4.19. The molecule has 1 aromatic rings. The molecular weight excluding hydrogens is 266 g/mol. The summed E-state index contributed by atoms with van der Waals surface area (Å²) < 4.78 is 5.32. The summed E-state index contributed by atoms with van der Waals surface area (Å²) >= 11 is 0. The Hall–Kier alpha value is -1.59. The lowest BCUT2D eigenvalue weighted by Gasteiger charge is -2.31. The Balaban J connectivity index is 1.88. The normalized spacial score (nSPS) is 17.6. The monoisotopic (exact) mass is 291 g/mol. The van der Waals surface area contributed by atoms with Gasteiger partial charge in [0.1, 0.15) is 0 Å². The van der Waals surface area contributed by atoms with Gasteiger partial charge >= 0.3 is 6.03 Å². The minimum Gasteiger partial charge on any atom is -0.381 e. The molecule has 0 aromatic heterocycles. The van der Waals surface area contributed by atoms with Gasteiger partial charge in [-0.1, -0.05) is 12.1 Å². The Bertz CT molecular complexity index is 453. The smallest absolute Gasteiger partial charge is 0.321 e. The number of ether oxygens (including phenoxy) is 1. The van der Waals surface area contributed by atoms with E-state index in [1.54, 1.807) is 7.11 Å².